The molecular formula is C23H31ClN2O3. The van der Waals surface area contributed by atoms with Crippen LogP contribution in [0, 0.1) is 0 Å². The molecule has 1 heterocycles. The second-order valence-electron chi connectivity index (χ2n) is 7.20. The number of likely N-dealkylation sites (tertiary alicyclic amines) is 1. The van der Waals surface area contributed by atoms with Crippen molar-refractivity contribution in [1.82, 2.24) is 4.90 Å². The smallest absolute Gasteiger partial charge is 0.253 e. The Hall–Kier alpha value is -2.08. The average Bonchev–Trinajstić information content (AvgIpc) is 2.75. The SMILES string of the molecule is COCC(=O)N(c1ccc(OC)cc1)C1CCN(CCc2ccccc2)CC1.Cl. The summed E-state index contributed by atoms with van der Waals surface area (Å²) < 4.78 is 10.4. The summed E-state index contributed by atoms with van der Waals surface area (Å²) in [4.78, 5) is 17.2. The molecule has 1 fully saturated rings. The molecule has 5 nitrogen and oxygen atoms in total. The second-order valence-corrected chi connectivity index (χ2v) is 7.20. The molecule has 29 heavy (non-hydrogen) atoms. The molecule has 3 rings (SSSR count). The summed E-state index contributed by atoms with van der Waals surface area (Å²) in [5.74, 6) is 0.800. The van der Waals surface area contributed by atoms with E-state index in [0.717, 1.165) is 50.3 Å². The van der Waals surface area contributed by atoms with Crippen molar-refractivity contribution in [3.8, 4) is 5.75 Å². The molecule has 0 aromatic heterocycles. The van der Waals surface area contributed by atoms with Gasteiger partial charge in [-0.3, -0.25) is 4.79 Å². The fraction of sp³-hybridized carbons (Fsp3) is 0.435. The van der Waals surface area contributed by atoms with E-state index < -0.39 is 0 Å². The van der Waals surface area contributed by atoms with Crippen molar-refractivity contribution in [1.29, 1.82) is 0 Å². The van der Waals surface area contributed by atoms with Crippen LogP contribution in [0.4, 0.5) is 5.69 Å². The number of anilines is 1. The molecule has 2 aromatic carbocycles. The maximum absolute atomic E-state index is 12.7. The Balaban J connectivity index is 0.00000300. The van der Waals surface area contributed by atoms with E-state index in [1.807, 2.05) is 29.2 Å². The lowest BCUT2D eigenvalue weighted by Crippen LogP contribution is -2.49. The van der Waals surface area contributed by atoms with Gasteiger partial charge in [-0.25, -0.2) is 0 Å². The van der Waals surface area contributed by atoms with Crippen LogP contribution >= 0.6 is 12.4 Å². The fourth-order valence-corrected chi connectivity index (χ4v) is 3.83. The molecule has 1 amide bonds. The van der Waals surface area contributed by atoms with Crippen LogP contribution in [0.1, 0.15) is 18.4 Å². The number of carbonyl (C=O) groups is 1. The molecule has 0 saturated carbocycles. The Morgan fingerprint density at radius 2 is 1.69 bits per heavy atom. The van der Waals surface area contributed by atoms with E-state index in [2.05, 4.69) is 35.2 Å². The predicted octanol–water partition coefficient (Wildman–Crippen LogP) is 3.80. The molecule has 0 spiro atoms. The van der Waals surface area contributed by atoms with E-state index in [-0.39, 0.29) is 31.0 Å². The maximum atomic E-state index is 12.7. The molecule has 1 aliphatic rings. The van der Waals surface area contributed by atoms with E-state index in [9.17, 15) is 4.79 Å². The number of piperidine rings is 1. The number of hydrogen-bond acceptors (Lipinski definition) is 4. The van der Waals surface area contributed by atoms with Gasteiger partial charge in [-0.2, -0.15) is 0 Å². The third kappa shape index (κ3) is 6.46. The molecule has 0 radical (unpaired) electrons. The van der Waals surface area contributed by atoms with Crippen LogP contribution in [0.2, 0.25) is 0 Å². The van der Waals surface area contributed by atoms with Crippen molar-refractivity contribution < 1.29 is 14.3 Å². The number of rotatable bonds is 8. The molecule has 0 aliphatic carbocycles. The van der Waals surface area contributed by atoms with Crippen LogP contribution in [0.3, 0.4) is 0 Å². The first kappa shape index (κ1) is 23.2. The molecule has 0 atom stereocenters. The maximum Gasteiger partial charge on any atom is 0.253 e. The molecule has 2 aromatic rings. The van der Waals surface area contributed by atoms with Gasteiger partial charge in [0.1, 0.15) is 12.4 Å². The standard InChI is InChI=1S/C23H30N2O3.ClH/c1-27-18-23(26)25(20-8-10-22(28-2)11-9-20)21-13-16-24(17-14-21)15-12-19-6-4-3-5-7-19;/h3-11,21H,12-18H2,1-2H3;1H. The monoisotopic (exact) mass is 418 g/mol. The molecule has 6 heteroatoms. The van der Waals surface area contributed by atoms with Gasteiger partial charge in [0.05, 0.1) is 7.11 Å². The van der Waals surface area contributed by atoms with Gasteiger partial charge in [0, 0.05) is 38.5 Å². The van der Waals surface area contributed by atoms with Crippen LogP contribution in [0.25, 0.3) is 0 Å². The van der Waals surface area contributed by atoms with Crippen molar-refractivity contribution in [2.24, 2.45) is 0 Å². The van der Waals surface area contributed by atoms with Gasteiger partial charge in [-0.05, 0) is 49.1 Å². The first-order valence-electron chi connectivity index (χ1n) is 9.92. The van der Waals surface area contributed by atoms with Crippen LogP contribution in [0.5, 0.6) is 5.75 Å². The minimum Gasteiger partial charge on any atom is -0.497 e. The summed E-state index contributed by atoms with van der Waals surface area (Å²) in [5, 5.41) is 0. The lowest BCUT2D eigenvalue weighted by molar-refractivity contribution is -0.122. The summed E-state index contributed by atoms with van der Waals surface area (Å²) in [6.45, 7) is 3.17. The number of amides is 1. The van der Waals surface area contributed by atoms with Gasteiger partial charge < -0.3 is 19.3 Å². The highest BCUT2D eigenvalue weighted by Gasteiger charge is 2.29. The Labute approximate surface area is 180 Å². The first-order valence-corrected chi connectivity index (χ1v) is 9.92. The quantitative estimate of drug-likeness (QED) is 0.653. The lowest BCUT2D eigenvalue weighted by atomic mass is 10.0. The van der Waals surface area contributed by atoms with E-state index in [1.54, 1.807) is 14.2 Å². The highest BCUT2D eigenvalue weighted by Crippen LogP contribution is 2.26. The van der Waals surface area contributed by atoms with Crippen molar-refractivity contribution in [3.63, 3.8) is 0 Å². The molecule has 1 aliphatic heterocycles. The normalized spacial score (nSPS) is 14.8. The second kappa shape index (κ2) is 11.8. The first-order chi connectivity index (χ1) is 13.7. The Morgan fingerprint density at radius 3 is 2.28 bits per heavy atom. The highest BCUT2D eigenvalue weighted by atomic mass is 35.5. The highest BCUT2D eigenvalue weighted by molar-refractivity contribution is 5.95. The molecule has 0 bridgehead atoms. The zero-order chi connectivity index (χ0) is 19.8. The predicted molar refractivity (Wildman–Crippen MR) is 119 cm³/mol. The van der Waals surface area contributed by atoms with Gasteiger partial charge in [-0.15, -0.1) is 12.4 Å². The van der Waals surface area contributed by atoms with E-state index >= 15 is 0 Å². The molecule has 158 valence electrons. The van der Waals surface area contributed by atoms with Crippen molar-refractivity contribution in [2.75, 3.05) is 45.4 Å². The largest absolute Gasteiger partial charge is 0.497 e. The van der Waals surface area contributed by atoms with Gasteiger partial charge in [0.25, 0.3) is 5.91 Å². The van der Waals surface area contributed by atoms with Gasteiger partial charge >= 0.3 is 0 Å². The van der Waals surface area contributed by atoms with Crippen molar-refractivity contribution in [3.05, 3.63) is 60.2 Å². The fourth-order valence-electron chi connectivity index (χ4n) is 3.83. The van der Waals surface area contributed by atoms with Gasteiger partial charge in [-0.1, -0.05) is 30.3 Å². The van der Waals surface area contributed by atoms with Gasteiger partial charge in [0.2, 0.25) is 0 Å². The third-order valence-electron chi connectivity index (χ3n) is 5.37. The average molecular weight is 419 g/mol. The van der Waals surface area contributed by atoms with Crippen LogP contribution in [-0.4, -0.2) is 57.3 Å². The number of nitrogens with zero attached hydrogens (tertiary/aromatic N) is 2. The molecular weight excluding hydrogens is 388 g/mol. The lowest BCUT2D eigenvalue weighted by Gasteiger charge is -2.38. The summed E-state index contributed by atoms with van der Waals surface area (Å²) in [7, 11) is 3.21. The number of halogens is 1. The van der Waals surface area contributed by atoms with Crippen LogP contribution in [0.15, 0.2) is 54.6 Å². The molecule has 1 saturated heterocycles. The third-order valence-corrected chi connectivity index (χ3v) is 5.37. The Morgan fingerprint density at radius 1 is 1.03 bits per heavy atom. The summed E-state index contributed by atoms with van der Waals surface area (Å²) >= 11 is 0. The topological polar surface area (TPSA) is 42.0 Å². The number of hydrogen-bond donors (Lipinski definition) is 0. The van der Waals surface area contributed by atoms with E-state index in [4.69, 9.17) is 9.47 Å². The van der Waals surface area contributed by atoms with Crippen LogP contribution in [-0.2, 0) is 16.0 Å². The Kier molecular flexibility index (Phi) is 9.45. The Bertz CT molecular complexity index is 732. The van der Waals surface area contributed by atoms with E-state index in [1.165, 1.54) is 5.56 Å². The molecule has 0 unspecified atom stereocenters. The number of ether oxygens (including phenoxy) is 2. The minimum absolute atomic E-state index is 0. The number of carbonyl (C=O) groups excluding carboxylic acids is 1. The van der Waals surface area contributed by atoms with Gasteiger partial charge in [0.15, 0.2) is 0 Å². The van der Waals surface area contributed by atoms with E-state index in [0.29, 0.717) is 0 Å². The minimum atomic E-state index is 0. The van der Waals surface area contributed by atoms with Crippen molar-refractivity contribution >= 4 is 24.0 Å². The number of methoxy groups -OCH3 is 2. The van der Waals surface area contributed by atoms with Crippen LogP contribution < -0.4 is 9.64 Å². The zero-order valence-electron chi connectivity index (χ0n) is 17.3. The molecule has 0 N–H and O–H groups in total. The van der Waals surface area contributed by atoms with Crippen molar-refractivity contribution in [2.45, 2.75) is 25.3 Å². The zero-order valence-corrected chi connectivity index (χ0v) is 18.1. The number of benzene rings is 2. The summed E-state index contributed by atoms with van der Waals surface area (Å²) in [5.41, 5.74) is 2.28. The summed E-state index contributed by atoms with van der Waals surface area (Å²) in [6.07, 6.45) is 3.00. The summed E-state index contributed by atoms with van der Waals surface area (Å²) in [6, 6.07) is 18.5.